The lowest BCUT2D eigenvalue weighted by Gasteiger charge is -2.18. The molecule has 1 aliphatic rings. The Bertz CT molecular complexity index is 715. The molecule has 0 heterocycles. The number of hydrogen-bond donors (Lipinski definition) is 0. The molecule has 0 aliphatic heterocycles. The molecule has 6 heteroatoms. The smallest absolute Gasteiger partial charge is 0.333 e. The van der Waals surface area contributed by atoms with Crippen molar-refractivity contribution in [1.29, 1.82) is 0 Å². The number of rotatable bonds is 4. The second-order valence-corrected chi connectivity index (χ2v) is 4.89. The maximum absolute atomic E-state index is 12.5. The molecule has 0 fully saturated rings. The Balaban J connectivity index is 2.41. The first-order chi connectivity index (χ1) is 10.5. The Labute approximate surface area is 132 Å². The lowest BCUT2D eigenvalue weighted by atomic mass is 9.87. The number of Topliss-reactive ketones (excluding diaryl/α,β-unsaturated/α-hetero) is 2. The standard InChI is InChI=1S/C16H13ClO5/c1-21-9(8-13(18)22-2)7-12-14(17)16(20)11-6-4-3-5-10(11)15(12)19/h3-6,8H,7H2,1-2H3/b9-8+. The van der Waals surface area contributed by atoms with E-state index in [1.165, 1.54) is 14.2 Å². The molecule has 1 aromatic carbocycles. The van der Waals surface area contributed by atoms with E-state index in [0.717, 1.165) is 6.08 Å². The van der Waals surface area contributed by atoms with Crippen LogP contribution in [0, 0.1) is 0 Å². The third-order valence-electron chi connectivity index (χ3n) is 3.25. The van der Waals surface area contributed by atoms with Crippen molar-refractivity contribution in [3.05, 3.63) is 57.8 Å². The zero-order valence-electron chi connectivity index (χ0n) is 12.0. The zero-order valence-corrected chi connectivity index (χ0v) is 12.8. The molecule has 114 valence electrons. The molecular weight excluding hydrogens is 308 g/mol. The zero-order chi connectivity index (χ0) is 16.3. The number of carbonyl (C=O) groups excluding carboxylic acids is 3. The van der Waals surface area contributed by atoms with Crippen molar-refractivity contribution in [2.24, 2.45) is 0 Å². The summed E-state index contributed by atoms with van der Waals surface area (Å²) in [4.78, 5) is 36.0. The summed E-state index contributed by atoms with van der Waals surface area (Å²) in [5.74, 6) is -1.21. The van der Waals surface area contributed by atoms with E-state index >= 15 is 0 Å². The predicted octanol–water partition coefficient (Wildman–Crippen LogP) is 2.65. The summed E-state index contributed by atoms with van der Waals surface area (Å²) in [6.45, 7) is 0. The molecule has 0 radical (unpaired) electrons. The van der Waals surface area contributed by atoms with Gasteiger partial charge in [-0.25, -0.2) is 4.79 Å². The van der Waals surface area contributed by atoms with E-state index in [2.05, 4.69) is 4.74 Å². The first-order valence-electron chi connectivity index (χ1n) is 6.39. The highest BCUT2D eigenvalue weighted by Crippen LogP contribution is 2.31. The number of ketones is 2. The molecular formula is C16H13ClO5. The summed E-state index contributed by atoms with van der Waals surface area (Å²) in [6.07, 6.45) is 1.04. The van der Waals surface area contributed by atoms with E-state index in [1.54, 1.807) is 24.3 Å². The molecule has 0 aromatic heterocycles. The number of esters is 1. The van der Waals surface area contributed by atoms with Gasteiger partial charge in [-0.3, -0.25) is 9.59 Å². The highest BCUT2D eigenvalue weighted by atomic mass is 35.5. The first kappa shape index (κ1) is 16.0. The van der Waals surface area contributed by atoms with Crippen molar-refractivity contribution >= 4 is 29.1 Å². The Hall–Kier alpha value is -2.40. The number of fused-ring (bicyclic) bond motifs is 1. The summed E-state index contributed by atoms with van der Waals surface area (Å²) in [7, 11) is 2.58. The van der Waals surface area contributed by atoms with Gasteiger partial charge in [-0.2, -0.15) is 0 Å². The molecule has 1 aliphatic carbocycles. The number of hydrogen-bond acceptors (Lipinski definition) is 5. The summed E-state index contributed by atoms with van der Waals surface area (Å²) < 4.78 is 9.56. The quantitative estimate of drug-likeness (QED) is 0.484. The minimum atomic E-state index is -0.622. The second kappa shape index (κ2) is 6.58. The largest absolute Gasteiger partial charge is 0.500 e. The summed E-state index contributed by atoms with van der Waals surface area (Å²) in [5, 5.41) is -0.156. The topological polar surface area (TPSA) is 69.7 Å². The molecule has 0 bridgehead atoms. The van der Waals surface area contributed by atoms with Gasteiger partial charge in [-0.15, -0.1) is 0 Å². The van der Waals surface area contributed by atoms with E-state index in [1.807, 2.05) is 0 Å². The van der Waals surface area contributed by atoms with Crippen molar-refractivity contribution in [1.82, 2.24) is 0 Å². The molecule has 0 saturated carbocycles. The first-order valence-corrected chi connectivity index (χ1v) is 6.77. The van der Waals surface area contributed by atoms with Crippen molar-refractivity contribution in [2.45, 2.75) is 6.42 Å². The number of halogens is 1. The van der Waals surface area contributed by atoms with Crippen LogP contribution < -0.4 is 0 Å². The van der Waals surface area contributed by atoms with Crippen LogP contribution in [-0.4, -0.2) is 31.8 Å². The van der Waals surface area contributed by atoms with E-state index in [0.29, 0.717) is 5.56 Å². The van der Waals surface area contributed by atoms with Crippen molar-refractivity contribution in [3.8, 4) is 0 Å². The SMILES string of the molecule is COC(=O)/C=C(\CC1=C(Cl)C(=O)c2ccccc2C1=O)OC. The summed E-state index contributed by atoms with van der Waals surface area (Å²) in [6, 6.07) is 6.45. The van der Waals surface area contributed by atoms with Gasteiger partial charge in [0.1, 0.15) is 5.76 Å². The Kier molecular flexibility index (Phi) is 4.78. The number of benzene rings is 1. The Morgan fingerprint density at radius 2 is 1.68 bits per heavy atom. The number of methoxy groups -OCH3 is 2. The van der Waals surface area contributed by atoms with Crippen molar-refractivity contribution in [2.75, 3.05) is 14.2 Å². The lowest BCUT2D eigenvalue weighted by molar-refractivity contribution is -0.135. The monoisotopic (exact) mass is 320 g/mol. The van der Waals surface area contributed by atoms with Crippen LogP contribution in [0.5, 0.6) is 0 Å². The van der Waals surface area contributed by atoms with E-state index in [4.69, 9.17) is 16.3 Å². The Morgan fingerprint density at radius 3 is 2.23 bits per heavy atom. The average Bonchev–Trinajstić information content (AvgIpc) is 2.55. The van der Waals surface area contributed by atoms with E-state index in [9.17, 15) is 14.4 Å². The molecule has 5 nitrogen and oxygen atoms in total. The summed E-state index contributed by atoms with van der Waals surface area (Å²) >= 11 is 6.04. The van der Waals surface area contributed by atoms with Crippen molar-refractivity contribution < 1.29 is 23.9 Å². The fourth-order valence-electron chi connectivity index (χ4n) is 2.10. The predicted molar refractivity (Wildman–Crippen MR) is 79.7 cm³/mol. The molecule has 0 unspecified atom stereocenters. The minimum absolute atomic E-state index is 0.0661. The number of ether oxygens (including phenoxy) is 2. The normalized spacial score (nSPS) is 14.8. The van der Waals surface area contributed by atoms with Gasteiger partial charge < -0.3 is 9.47 Å². The number of allylic oxidation sites excluding steroid dienone is 2. The van der Waals surface area contributed by atoms with Gasteiger partial charge in [0, 0.05) is 23.1 Å². The highest BCUT2D eigenvalue weighted by Gasteiger charge is 2.31. The van der Waals surface area contributed by atoms with E-state index in [-0.39, 0.29) is 34.1 Å². The molecule has 0 amide bonds. The van der Waals surface area contributed by atoms with E-state index < -0.39 is 11.8 Å². The van der Waals surface area contributed by atoms with Crippen LogP contribution in [0.1, 0.15) is 27.1 Å². The van der Waals surface area contributed by atoms with Crippen LogP contribution in [0.4, 0.5) is 0 Å². The van der Waals surface area contributed by atoms with Gasteiger partial charge >= 0.3 is 5.97 Å². The maximum Gasteiger partial charge on any atom is 0.333 e. The molecule has 0 atom stereocenters. The molecule has 22 heavy (non-hydrogen) atoms. The molecule has 2 rings (SSSR count). The molecule has 0 N–H and O–H groups in total. The minimum Gasteiger partial charge on any atom is -0.500 e. The number of carbonyl (C=O) groups is 3. The fourth-order valence-corrected chi connectivity index (χ4v) is 2.36. The van der Waals surface area contributed by atoms with Gasteiger partial charge in [0.2, 0.25) is 5.78 Å². The van der Waals surface area contributed by atoms with Gasteiger partial charge in [0.25, 0.3) is 0 Å². The fraction of sp³-hybridized carbons (Fsp3) is 0.188. The third-order valence-corrected chi connectivity index (χ3v) is 3.65. The molecule has 1 aromatic rings. The van der Waals surface area contributed by atoms with Crippen LogP contribution >= 0.6 is 11.6 Å². The van der Waals surface area contributed by atoms with Crippen LogP contribution in [0.15, 0.2) is 46.7 Å². The average molecular weight is 321 g/mol. The van der Waals surface area contributed by atoms with Gasteiger partial charge in [-0.1, -0.05) is 35.9 Å². The highest BCUT2D eigenvalue weighted by molar-refractivity contribution is 6.50. The Morgan fingerprint density at radius 1 is 1.09 bits per heavy atom. The maximum atomic E-state index is 12.5. The second-order valence-electron chi connectivity index (χ2n) is 4.51. The summed E-state index contributed by atoms with van der Waals surface area (Å²) in [5.41, 5.74) is 0.667. The molecule has 0 saturated heterocycles. The van der Waals surface area contributed by atoms with Crippen LogP contribution in [0.2, 0.25) is 0 Å². The third kappa shape index (κ3) is 2.94. The lowest BCUT2D eigenvalue weighted by Crippen LogP contribution is -2.20. The van der Waals surface area contributed by atoms with Gasteiger partial charge in [-0.05, 0) is 0 Å². The van der Waals surface area contributed by atoms with Gasteiger partial charge in [0.05, 0.1) is 25.3 Å². The molecule has 0 spiro atoms. The van der Waals surface area contributed by atoms with Crippen LogP contribution in [0.25, 0.3) is 0 Å². The van der Waals surface area contributed by atoms with Crippen LogP contribution in [0.3, 0.4) is 0 Å². The van der Waals surface area contributed by atoms with Crippen molar-refractivity contribution in [3.63, 3.8) is 0 Å². The van der Waals surface area contributed by atoms with Gasteiger partial charge in [0.15, 0.2) is 5.78 Å². The van der Waals surface area contributed by atoms with Crippen LogP contribution in [-0.2, 0) is 14.3 Å².